The van der Waals surface area contributed by atoms with Crippen molar-refractivity contribution in [1.82, 2.24) is 14.5 Å². The molecule has 6 nitrogen and oxygen atoms in total. The van der Waals surface area contributed by atoms with Gasteiger partial charge >= 0.3 is 5.69 Å². The predicted octanol–water partition coefficient (Wildman–Crippen LogP) is 0.214. The molecule has 1 N–H and O–H groups in total. The second-order valence-electron chi connectivity index (χ2n) is 7.52. The number of halogens is 1. The number of nitrogens with one attached hydrogen (secondary N) is 1. The molecule has 7 heteroatoms. The van der Waals surface area contributed by atoms with Gasteiger partial charge in [-0.25, -0.2) is 4.79 Å². The molecule has 0 bridgehead atoms. The standard InChI is InChI=1S/C22H29N3O3.ClH/c1-15(2)12-23-13-16-7-9-20(21(11-16)27-5)28-14-17-6-8-18-19(10-17)25(4)22(26)24(18)3;/h6-11,15,23H,12-14H2,1-5H3;1H/p-1. The minimum Gasteiger partial charge on any atom is -1.00 e. The highest BCUT2D eigenvalue weighted by molar-refractivity contribution is 5.76. The van der Waals surface area contributed by atoms with Crippen LogP contribution in [0, 0.1) is 5.92 Å². The highest BCUT2D eigenvalue weighted by Gasteiger charge is 2.10. The van der Waals surface area contributed by atoms with Crippen LogP contribution in [0.3, 0.4) is 0 Å². The summed E-state index contributed by atoms with van der Waals surface area (Å²) < 4.78 is 14.8. The number of methoxy groups -OCH3 is 1. The largest absolute Gasteiger partial charge is 1.00 e. The number of benzene rings is 2. The third kappa shape index (κ3) is 5.14. The van der Waals surface area contributed by atoms with Gasteiger partial charge in [0.2, 0.25) is 0 Å². The minimum absolute atomic E-state index is 0. The van der Waals surface area contributed by atoms with Crippen molar-refractivity contribution < 1.29 is 21.9 Å². The topological polar surface area (TPSA) is 57.4 Å². The first-order valence-corrected chi connectivity index (χ1v) is 9.55. The Balaban J connectivity index is 0.00000300. The number of ether oxygens (including phenoxy) is 2. The molecule has 0 aliphatic rings. The number of hydrogen-bond donors (Lipinski definition) is 1. The van der Waals surface area contributed by atoms with Gasteiger partial charge in [0.25, 0.3) is 0 Å². The van der Waals surface area contributed by atoms with E-state index in [0.29, 0.717) is 18.3 Å². The number of hydrogen-bond acceptors (Lipinski definition) is 4. The normalized spacial score (nSPS) is 11.0. The van der Waals surface area contributed by atoms with Crippen LogP contribution in [-0.4, -0.2) is 22.8 Å². The minimum atomic E-state index is -0.0311. The lowest BCUT2D eigenvalue weighted by Gasteiger charge is -2.13. The van der Waals surface area contributed by atoms with E-state index in [1.54, 1.807) is 30.3 Å². The maximum atomic E-state index is 12.1. The Bertz CT molecular complexity index is 1020. The molecule has 0 atom stereocenters. The SMILES string of the molecule is COc1cc(CNCC(C)C)ccc1OCc1ccc2c(c1)n(C)c(=O)n2C.[Cl-]. The molecule has 158 valence electrons. The lowest BCUT2D eigenvalue weighted by Crippen LogP contribution is -3.00. The smallest absolute Gasteiger partial charge is 0.328 e. The average Bonchev–Trinajstić information content (AvgIpc) is 2.90. The second kappa shape index (κ2) is 9.85. The molecule has 0 unspecified atom stereocenters. The molecule has 0 saturated carbocycles. The van der Waals surface area contributed by atoms with Gasteiger partial charge in [-0.1, -0.05) is 26.0 Å². The van der Waals surface area contributed by atoms with Crippen LogP contribution in [0.15, 0.2) is 41.2 Å². The van der Waals surface area contributed by atoms with Gasteiger partial charge in [0.05, 0.1) is 18.1 Å². The van der Waals surface area contributed by atoms with Crippen LogP contribution in [0.1, 0.15) is 25.0 Å². The van der Waals surface area contributed by atoms with Gasteiger partial charge in [-0.15, -0.1) is 0 Å². The molecule has 0 radical (unpaired) electrons. The summed E-state index contributed by atoms with van der Waals surface area (Å²) in [5, 5.41) is 3.43. The van der Waals surface area contributed by atoms with Crippen LogP contribution in [0.2, 0.25) is 0 Å². The first-order chi connectivity index (χ1) is 13.4. The lowest BCUT2D eigenvalue weighted by molar-refractivity contribution is -0.00000666. The highest BCUT2D eigenvalue weighted by Crippen LogP contribution is 2.29. The molecule has 0 aliphatic heterocycles. The first-order valence-electron chi connectivity index (χ1n) is 9.55. The van der Waals surface area contributed by atoms with Gasteiger partial charge in [-0.05, 0) is 47.9 Å². The molecule has 0 aliphatic carbocycles. The molecule has 29 heavy (non-hydrogen) atoms. The Hall–Kier alpha value is -2.44. The maximum Gasteiger partial charge on any atom is 0.328 e. The van der Waals surface area contributed by atoms with Gasteiger partial charge in [0.15, 0.2) is 11.5 Å². The summed E-state index contributed by atoms with van der Waals surface area (Å²) in [4.78, 5) is 12.1. The summed E-state index contributed by atoms with van der Waals surface area (Å²) in [6.07, 6.45) is 0. The molecule has 3 rings (SSSR count). The van der Waals surface area contributed by atoms with Crippen molar-refractivity contribution in [1.29, 1.82) is 0 Å². The summed E-state index contributed by atoms with van der Waals surface area (Å²) in [6.45, 7) is 6.56. The van der Waals surface area contributed by atoms with Crippen LogP contribution in [-0.2, 0) is 27.2 Å². The zero-order valence-electron chi connectivity index (χ0n) is 17.7. The fourth-order valence-corrected chi connectivity index (χ4v) is 3.25. The van der Waals surface area contributed by atoms with Gasteiger partial charge in [0.1, 0.15) is 6.61 Å². The number of imidazole rings is 1. The number of nitrogens with zero attached hydrogens (tertiary/aromatic N) is 2. The molecule has 1 aromatic heterocycles. The van der Waals surface area contributed by atoms with E-state index in [2.05, 4.69) is 25.2 Å². The van der Waals surface area contributed by atoms with Crippen LogP contribution >= 0.6 is 0 Å². The van der Waals surface area contributed by atoms with Crippen molar-refractivity contribution in [2.24, 2.45) is 20.0 Å². The summed E-state index contributed by atoms with van der Waals surface area (Å²) in [7, 11) is 5.22. The monoisotopic (exact) mass is 418 g/mol. The van der Waals surface area contributed by atoms with Crippen molar-refractivity contribution in [3.63, 3.8) is 0 Å². The summed E-state index contributed by atoms with van der Waals surface area (Å²) in [5.41, 5.74) is 3.93. The zero-order valence-corrected chi connectivity index (χ0v) is 18.4. The fourth-order valence-electron chi connectivity index (χ4n) is 3.25. The summed E-state index contributed by atoms with van der Waals surface area (Å²) >= 11 is 0. The quantitative estimate of drug-likeness (QED) is 0.568. The summed E-state index contributed by atoms with van der Waals surface area (Å²) in [6, 6.07) is 11.9. The highest BCUT2D eigenvalue weighted by atomic mass is 35.5. The van der Waals surface area contributed by atoms with E-state index in [1.807, 2.05) is 30.3 Å². The third-order valence-corrected chi connectivity index (χ3v) is 4.84. The molecular formula is C22H29ClN3O3-. The van der Waals surface area contributed by atoms with Gasteiger partial charge in [-0.3, -0.25) is 9.13 Å². The van der Waals surface area contributed by atoms with Crippen LogP contribution in [0.25, 0.3) is 11.0 Å². The van der Waals surface area contributed by atoms with E-state index in [9.17, 15) is 4.79 Å². The predicted molar refractivity (Wildman–Crippen MR) is 112 cm³/mol. The average molecular weight is 419 g/mol. The molecule has 3 aromatic rings. The van der Waals surface area contributed by atoms with E-state index < -0.39 is 0 Å². The van der Waals surface area contributed by atoms with Crippen LogP contribution in [0.5, 0.6) is 11.5 Å². The Morgan fingerprint density at radius 1 is 0.966 bits per heavy atom. The van der Waals surface area contributed by atoms with Crippen molar-refractivity contribution >= 4 is 11.0 Å². The van der Waals surface area contributed by atoms with Crippen molar-refractivity contribution in [3.05, 3.63) is 58.0 Å². The maximum absolute atomic E-state index is 12.1. The number of aryl methyl sites for hydroxylation is 2. The number of fused-ring (bicyclic) bond motifs is 1. The van der Waals surface area contributed by atoms with Gasteiger partial charge in [0, 0.05) is 20.6 Å². The second-order valence-corrected chi connectivity index (χ2v) is 7.52. The fraction of sp³-hybridized carbons (Fsp3) is 0.409. The van der Waals surface area contributed by atoms with Crippen molar-refractivity contribution in [2.75, 3.05) is 13.7 Å². The summed E-state index contributed by atoms with van der Waals surface area (Å²) in [5.74, 6) is 2.04. The molecule has 2 aromatic carbocycles. The molecular weight excluding hydrogens is 390 g/mol. The van der Waals surface area contributed by atoms with Crippen LogP contribution in [0.4, 0.5) is 0 Å². The Morgan fingerprint density at radius 3 is 2.34 bits per heavy atom. The Labute approximate surface area is 177 Å². The van der Waals surface area contributed by atoms with E-state index in [-0.39, 0.29) is 18.1 Å². The van der Waals surface area contributed by atoms with E-state index in [1.165, 1.54) is 0 Å². The Kier molecular flexibility index (Phi) is 7.76. The van der Waals surface area contributed by atoms with Crippen molar-refractivity contribution in [2.45, 2.75) is 27.0 Å². The van der Waals surface area contributed by atoms with E-state index in [4.69, 9.17) is 9.47 Å². The van der Waals surface area contributed by atoms with E-state index >= 15 is 0 Å². The molecule has 0 fully saturated rings. The van der Waals surface area contributed by atoms with Crippen LogP contribution < -0.4 is 32.9 Å². The van der Waals surface area contributed by atoms with Gasteiger partial charge in [-0.2, -0.15) is 0 Å². The molecule has 0 amide bonds. The molecule has 1 heterocycles. The molecule has 0 saturated heterocycles. The number of aromatic nitrogens is 2. The van der Waals surface area contributed by atoms with E-state index in [0.717, 1.165) is 41.0 Å². The lowest BCUT2D eigenvalue weighted by atomic mass is 10.1. The Morgan fingerprint density at radius 2 is 1.66 bits per heavy atom. The zero-order chi connectivity index (χ0) is 20.3. The van der Waals surface area contributed by atoms with Gasteiger partial charge < -0.3 is 27.2 Å². The third-order valence-electron chi connectivity index (χ3n) is 4.84. The first kappa shape index (κ1) is 22.8. The van der Waals surface area contributed by atoms with Crippen molar-refractivity contribution in [3.8, 4) is 11.5 Å². The molecule has 0 spiro atoms. The number of rotatable bonds is 8.